The number of sulfonamides is 1. The monoisotopic (exact) mass is 269 g/mol. The average molecular weight is 269 g/mol. The first-order valence-corrected chi connectivity index (χ1v) is 5.84. The standard InChI is InChI=1S/C7H11NO8S/c1-16-6(11)3-17(14,15)8-4(7(12)13)2-5(9)10/h4,8H,2-3H2,1H3,(H,9,10)(H,12,13)/t4-/m0/s1. The molecule has 0 radical (unpaired) electrons. The highest BCUT2D eigenvalue weighted by molar-refractivity contribution is 7.90. The van der Waals surface area contributed by atoms with E-state index < -0.39 is 46.1 Å². The molecule has 0 heterocycles. The highest BCUT2D eigenvalue weighted by atomic mass is 32.2. The number of aliphatic carboxylic acids is 2. The zero-order chi connectivity index (χ0) is 13.6. The Balaban J connectivity index is 4.70. The molecule has 0 aliphatic carbocycles. The van der Waals surface area contributed by atoms with Gasteiger partial charge in [-0.1, -0.05) is 0 Å². The zero-order valence-corrected chi connectivity index (χ0v) is 9.56. The number of methoxy groups -OCH3 is 1. The van der Waals surface area contributed by atoms with Crippen LogP contribution in [0.25, 0.3) is 0 Å². The van der Waals surface area contributed by atoms with Gasteiger partial charge < -0.3 is 14.9 Å². The second kappa shape index (κ2) is 6.15. The van der Waals surface area contributed by atoms with Gasteiger partial charge in [-0.05, 0) is 0 Å². The molecule has 0 unspecified atom stereocenters. The minimum Gasteiger partial charge on any atom is -0.481 e. The third kappa shape index (κ3) is 6.48. The Morgan fingerprint density at radius 1 is 1.29 bits per heavy atom. The summed E-state index contributed by atoms with van der Waals surface area (Å²) in [6.45, 7) is 0. The van der Waals surface area contributed by atoms with Gasteiger partial charge in [0.1, 0.15) is 6.04 Å². The van der Waals surface area contributed by atoms with Gasteiger partial charge in [0.2, 0.25) is 10.0 Å². The van der Waals surface area contributed by atoms with E-state index in [9.17, 15) is 22.8 Å². The summed E-state index contributed by atoms with van der Waals surface area (Å²) in [7, 11) is -3.29. The number of carboxylic acids is 2. The molecule has 0 aliphatic heterocycles. The van der Waals surface area contributed by atoms with Gasteiger partial charge in [-0.15, -0.1) is 0 Å². The normalized spacial score (nSPS) is 12.8. The Bertz CT molecular complexity index is 414. The fourth-order valence-corrected chi connectivity index (χ4v) is 1.96. The van der Waals surface area contributed by atoms with Crippen LogP contribution in [0, 0.1) is 0 Å². The molecular formula is C7H11NO8S. The lowest BCUT2D eigenvalue weighted by atomic mass is 10.2. The van der Waals surface area contributed by atoms with Crippen LogP contribution < -0.4 is 4.72 Å². The van der Waals surface area contributed by atoms with Gasteiger partial charge in [0.25, 0.3) is 0 Å². The van der Waals surface area contributed by atoms with E-state index in [0.717, 1.165) is 7.11 Å². The van der Waals surface area contributed by atoms with Crippen molar-refractivity contribution in [1.29, 1.82) is 0 Å². The largest absolute Gasteiger partial charge is 0.481 e. The van der Waals surface area contributed by atoms with E-state index in [-0.39, 0.29) is 0 Å². The van der Waals surface area contributed by atoms with Crippen molar-refractivity contribution in [2.75, 3.05) is 12.9 Å². The lowest BCUT2D eigenvalue weighted by molar-refractivity contribution is -0.145. The summed E-state index contributed by atoms with van der Waals surface area (Å²) in [5.41, 5.74) is 0. The second-order valence-corrected chi connectivity index (χ2v) is 4.70. The third-order valence-corrected chi connectivity index (χ3v) is 2.79. The molecule has 98 valence electrons. The van der Waals surface area contributed by atoms with Crippen LogP contribution in [0.5, 0.6) is 0 Å². The van der Waals surface area contributed by atoms with Gasteiger partial charge in [-0.25, -0.2) is 8.42 Å². The lowest BCUT2D eigenvalue weighted by Crippen LogP contribution is -2.44. The van der Waals surface area contributed by atoms with Crippen LogP contribution in [0.2, 0.25) is 0 Å². The van der Waals surface area contributed by atoms with Crippen LogP contribution in [0.15, 0.2) is 0 Å². The van der Waals surface area contributed by atoms with E-state index in [4.69, 9.17) is 10.2 Å². The lowest BCUT2D eigenvalue weighted by Gasteiger charge is -2.11. The van der Waals surface area contributed by atoms with Crippen molar-refractivity contribution in [2.24, 2.45) is 0 Å². The van der Waals surface area contributed by atoms with Gasteiger partial charge >= 0.3 is 17.9 Å². The first-order chi connectivity index (χ1) is 7.68. The molecule has 1 atom stereocenters. The van der Waals surface area contributed by atoms with Gasteiger partial charge in [0.05, 0.1) is 13.5 Å². The number of hydrogen-bond acceptors (Lipinski definition) is 6. The summed E-state index contributed by atoms with van der Waals surface area (Å²) >= 11 is 0. The van der Waals surface area contributed by atoms with Crippen molar-refractivity contribution < 1.29 is 37.8 Å². The van der Waals surface area contributed by atoms with Crippen molar-refractivity contribution in [3.8, 4) is 0 Å². The fraction of sp³-hybridized carbons (Fsp3) is 0.571. The van der Waals surface area contributed by atoms with E-state index in [1.165, 1.54) is 0 Å². The number of rotatable bonds is 7. The predicted molar refractivity (Wildman–Crippen MR) is 52.6 cm³/mol. The minimum absolute atomic E-state index is 0.935. The van der Waals surface area contributed by atoms with E-state index in [0.29, 0.717) is 0 Å². The molecule has 9 nitrogen and oxygen atoms in total. The summed E-state index contributed by atoms with van der Waals surface area (Å²) in [6.07, 6.45) is -0.935. The molecule has 3 N–H and O–H groups in total. The van der Waals surface area contributed by atoms with Crippen molar-refractivity contribution in [3.05, 3.63) is 0 Å². The van der Waals surface area contributed by atoms with Crippen LogP contribution in [0.3, 0.4) is 0 Å². The van der Waals surface area contributed by atoms with Gasteiger partial charge in [0.15, 0.2) is 5.75 Å². The molecule has 0 amide bonds. The molecule has 0 spiro atoms. The number of ether oxygens (including phenoxy) is 1. The number of carbonyl (C=O) groups excluding carboxylic acids is 1. The van der Waals surface area contributed by atoms with E-state index in [2.05, 4.69) is 4.74 Å². The van der Waals surface area contributed by atoms with Crippen LogP contribution in [0.1, 0.15) is 6.42 Å². The maximum Gasteiger partial charge on any atom is 0.322 e. The maximum atomic E-state index is 11.2. The SMILES string of the molecule is COC(=O)CS(=O)(=O)N[C@@H](CC(=O)O)C(=O)O. The molecule has 0 rings (SSSR count). The van der Waals surface area contributed by atoms with Gasteiger partial charge in [-0.2, -0.15) is 4.72 Å². The van der Waals surface area contributed by atoms with E-state index >= 15 is 0 Å². The van der Waals surface area contributed by atoms with Crippen LogP contribution >= 0.6 is 0 Å². The topological polar surface area (TPSA) is 147 Å². The van der Waals surface area contributed by atoms with Crippen molar-refractivity contribution >= 4 is 27.9 Å². The van der Waals surface area contributed by atoms with E-state index in [1.54, 1.807) is 4.72 Å². The molecule has 0 aromatic heterocycles. The first kappa shape index (κ1) is 15.3. The fourth-order valence-electron chi connectivity index (χ4n) is 0.826. The zero-order valence-electron chi connectivity index (χ0n) is 8.74. The van der Waals surface area contributed by atoms with Gasteiger partial charge in [0, 0.05) is 0 Å². The van der Waals surface area contributed by atoms with Crippen LogP contribution in [-0.4, -0.2) is 55.4 Å². The average Bonchev–Trinajstić information content (AvgIpc) is 2.14. The molecule has 0 aromatic rings. The Labute approximate surface area is 96.4 Å². The predicted octanol–water partition coefficient (Wildman–Crippen LogP) is -1.99. The Hall–Kier alpha value is -1.68. The highest BCUT2D eigenvalue weighted by Gasteiger charge is 2.28. The first-order valence-electron chi connectivity index (χ1n) is 4.19. The number of carbonyl (C=O) groups is 3. The van der Waals surface area contributed by atoms with Crippen molar-refractivity contribution in [2.45, 2.75) is 12.5 Å². The minimum atomic E-state index is -4.25. The molecule has 0 aromatic carbocycles. The summed E-state index contributed by atoms with van der Waals surface area (Å²) in [5, 5.41) is 16.9. The Morgan fingerprint density at radius 3 is 2.18 bits per heavy atom. The number of hydrogen-bond donors (Lipinski definition) is 3. The summed E-state index contributed by atoms with van der Waals surface area (Å²) < 4.78 is 28.1. The van der Waals surface area contributed by atoms with E-state index in [1.807, 2.05) is 0 Å². The number of esters is 1. The molecule has 0 fully saturated rings. The Kier molecular flexibility index (Phi) is 5.55. The maximum absolute atomic E-state index is 11.2. The summed E-state index contributed by atoms with van der Waals surface area (Å²) in [6, 6.07) is -1.83. The molecule has 0 bridgehead atoms. The second-order valence-electron chi connectivity index (χ2n) is 2.94. The third-order valence-electron chi connectivity index (χ3n) is 1.53. The molecule has 0 saturated carbocycles. The highest BCUT2D eigenvalue weighted by Crippen LogP contribution is 1.97. The summed E-state index contributed by atoms with van der Waals surface area (Å²) in [5.74, 6) is -5.30. The van der Waals surface area contributed by atoms with Crippen LogP contribution in [0.4, 0.5) is 0 Å². The Morgan fingerprint density at radius 2 is 1.82 bits per heavy atom. The number of nitrogens with one attached hydrogen (secondary N) is 1. The van der Waals surface area contributed by atoms with Crippen molar-refractivity contribution in [3.63, 3.8) is 0 Å². The molecule has 10 heteroatoms. The molecular weight excluding hydrogens is 258 g/mol. The van der Waals surface area contributed by atoms with Crippen molar-refractivity contribution in [1.82, 2.24) is 4.72 Å². The van der Waals surface area contributed by atoms with Gasteiger partial charge in [-0.3, -0.25) is 14.4 Å². The number of carboxylic acid groups (broad SMARTS) is 2. The molecule has 0 saturated heterocycles. The quantitative estimate of drug-likeness (QED) is 0.450. The molecule has 17 heavy (non-hydrogen) atoms. The van der Waals surface area contributed by atoms with Crippen LogP contribution in [-0.2, 0) is 29.1 Å². The smallest absolute Gasteiger partial charge is 0.322 e. The summed E-state index contributed by atoms with van der Waals surface area (Å²) in [4.78, 5) is 31.5. The molecule has 0 aliphatic rings.